The molecule has 0 spiro atoms. The highest BCUT2D eigenvalue weighted by molar-refractivity contribution is 5.95. The number of nitrogens with zero attached hydrogens (tertiary/aromatic N) is 1. The van der Waals surface area contributed by atoms with Gasteiger partial charge >= 0.3 is 6.09 Å². The topological polar surface area (TPSA) is 151 Å². The number of phenols is 1. The molecule has 34 heavy (non-hydrogen) atoms. The number of nitrogens with one attached hydrogen (secondary N) is 2. The molecule has 188 valence electrons. The summed E-state index contributed by atoms with van der Waals surface area (Å²) in [5.41, 5.74) is 4.35. The fourth-order valence-corrected chi connectivity index (χ4v) is 3.47. The summed E-state index contributed by atoms with van der Waals surface area (Å²) in [6.45, 7) is 10.4. The van der Waals surface area contributed by atoms with Gasteiger partial charge < -0.3 is 31.1 Å². The van der Waals surface area contributed by atoms with Crippen LogP contribution < -0.4 is 16.4 Å². The standard InChI is InChI=1S/C24H36N4O6/c1-23(2,3)27-20(31)19(14-8-7-9-16(29)12-14)28(15-10-11-15)21(32)17(13-18(25)30)26-22(33)34-24(4,5)6/h7-9,12,15,17,19,29H,10-11,13H2,1-6H3,(H2,25,30)(H,26,33)(H,27,31). The third-order valence-corrected chi connectivity index (χ3v) is 4.80. The number of alkyl carbamates (subject to hydrolysis) is 1. The van der Waals surface area contributed by atoms with Crippen molar-refractivity contribution in [2.75, 3.05) is 0 Å². The van der Waals surface area contributed by atoms with Gasteiger partial charge in [0.1, 0.15) is 23.4 Å². The van der Waals surface area contributed by atoms with Gasteiger partial charge in [-0.3, -0.25) is 14.4 Å². The number of carbonyl (C=O) groups is 4. The molecule has 4 amide bonds. The summed E-state index contributed by atoms with van der Waals surface area (Å²) in [6, 6.07) is 3.40. The van der Waals surface area contributed by atoms with Gasteiger partial charge in [0, 0.05) is 11.6 Å². The molecular weight excluding hydrogens is 440 g/mol. The molecule has 1 aromatic carbocycles. The minimum atomic E-state index is -1.32. The first-order valence-corrected chi connectivity index (χ1v) is 11.3. The second kappa shape index (κ2) is 10.3. The van der Waals surface area contributed by atoms with E-state index < -0.39 is 53.5 Å². The lowest BCUT2D eigenvalue weighted by Gasteiger charge is -2.36. The van der Waals surface area contributed by atoms with Crippen LogP contribution in [-0.2, 0) is 19.1 Å². The van der Waals surface area contributed by atoms with Crippen molar-refractivity contribution in [3.8, 4) is 5.75 Å². The lowest BCUT2D eigenvalue weighted by Crippen LogP contribution is -2.56. The minimum Gasteiger partial charge on any atom is -0.508 e. The van der Waals surface area contributed by atoms with Gasteiger partial charge in [-0.2, -0.15) is 0 Å². The largest absolute Gasteiger partial charge is 0.508 e. The Hall–Kier alpha value is -3.30. The molecule has 0 aliphatic heterocycles. The Kier molecular flexibility index (Phi) is 8.18. The van der Waals surface area contributed by atoms with E-state index in [9.17, 15) is 24.3 Å². The number of hydrogen-bond acceptors (Lipinski definition) is 6. The molecule has 0 radical (unpaired) electrons. The Morgan fingerprint density at radius 2 is 1.76 bits per heavy atom. The average Bonchev–Trinajstić information content (AvgIpc) is 3.46. The lowest BCUT2D eigenvalue weighted by atomic mass is 9.99. The van der Waals surface area contributed by atoms with Crippen LogP contribution in [0.3, 0.4) is 0 Å². The predicted octanol–water partition coefficient (Wildman–Crippen LogP) is 2.11. The second-order valence-electron chi connectivity index (χ2n) is 10.6. The lowest BCUT2D eigenvalue weighted by molar-refractivity contribution is -0.144. The Morgan fingerprint density at radius 1 is 1.15 bits per heavy atom. The zero-order valence-electron chi connectivity index (χ0n) is 20.7. The smallest absolute Gasteiger partial charge is 0.408 e. The number of ether oxygens (including phenoxy) is 1. The molecule has 0 aromatic heterocycles. The van der Waals surface area contributed by atoms with Crippen molar-refractivity contribution in [1.82, 2.24) is 15.5 Å². The normalized spacial score (nSPS) is 15.6. The van der Waals surface area contributed by atoms with Crippen LogP contribution in [0, 0.1) is 0 Å². The first kappa shape index (κ1) is 26.9. The number of primary amides is 1. The quantitative estimate of drug-likeness (QED) is 0.451. The van der Waals surface area contributed by atoms with E-state index in [1.54, 1.807) is 32.9 Å². The fraction of sp³-hybridized carbons (Fsp3) is 0.583. The van der Waals surface area contributed by atoms with Gasteiger partial charge in [-0.15, -0.1) is 0 Å². The van der Waals surface area contributed by atoms with E-state index in [0.717, 1.165) is 0 Å². The maximum Gasteiger partial charge on any atom is 0.408 e. The third-order valence-electron chi connectivity index (χ3n) is 4.80. The van der Waals surface area contributed by atoms with Crippen molar-refractivity contribution >= 4 is 23.8 Å². The number of phenolic OH excluding ortho intramolecular Hbond substituents is 1. The van der Waals surface area contributed by atoms with Crippen molar-refractivity contribution in [2.24, 2.45) is 5.73 Å². The predicted molar refractivity (Wildman–Crippen MR) is 126 cm³/mol. The molecular formula is C24H36N4O6. The van der Waals surface area contributed by atoms with Crippen molar-refractivity contribution in [3.05, 3.63) is 29.8 Å². The van der Waals surface area contributed by atoms with E-state index in [1.807, 2.05) is 20.8 Å². The highest BCUT2D eigenvalue weighted by atomic mass is 16.6. The molecule has 5 N–H and O–H groups in total. The number of benzene rings is 1. The Labute approximate surface area is 200 Å². The van der Waals surface area contributed by atoms with Gasteiger partial charge in [-0.1, -0.05) is 12.1 Å². The molecule has 10 heteroatoms. The molecule has 2 atom stereocenters. The molecule has 1 aliphatic rings. The summed E-state index contributed by atoms with van der Waals surface area (Å²) in [6.07, 6.45) is -0.0374. The second-order valence-corrected chi connectivity index (χ2v) is 10.6. The fourth-order valence-electron chi connectivity index (χ4n) is 3.47. The van der Waals surface area contributed by atoms with Crippen molar-refractivity contribution in [2.45, 2.75) is 90.1 Å². The summed E-state index contributed by atoms with van der Waals surface area (Å²) in [4.78, 5) is 52.7. The number of amides is 4. The van der Waals surface area contributed by atoms with E-state index in [1.165, 1.54) is 17.0 Å². The molecule has 2 rings (SSSR count). The first-order valence-electron chi connectivity index (χ1n) is 11.3. The molecule has 1 fully saturated rings. The van der Waals surface area contributed by atoms with Gasteiger partial charge in [0.2, 0.25) is 17.7 Å². The maximum absolute atomic E-state index is 13.7. The Morgan fingerprint density at radius 3 is 2.24 bits per heavy atom. The van der Waals surface area contributed by atoms with Crippen LogP contribution >= 0.6 is 0 Å². The van der Waals surface area contributed by atoms with Gasteiger partial charge in [0.05, 0.1) is 6.42 Å². The van der Waals surface area contributed by atoms with Gasteiger partial charge in [0.25, 0.3) is 0 Å². The third kappa shape index (κ3) is 8.24. The summed E-state index contributed by atoms with van der Waals surface area (Å²) in [5, 5.41) is 15.4. The van der Waals surface area contributed by atoms with Crippen LogP contribution in [0.4, 0.5) is 4.79 Å². The van der Waals surface area contributed by atoms with E-state index in [-0.39, 0.29) is 11.8 Å². The van der Waals surface area contributed by atoms with Crippen molar-refractivity contribution in [1.29, 1.82) is 0 Å². The summed E-state index contributed by atoms with van der Waals surface area (Å²) in [5.74, 6) is -1.94. The van der Waals surface area contributed by atoms with Crippen LogP contribution in [-0.4, -0.2) is 57.0 Å². The van der Waals surface area contributed by atoms with E-state index in [0.29, 0.717) is 18.4 Å². The summed E-state index contributed by atoms with van der Waals surface area (Å²) < 4.78 is 5.24. The first-order chi connectivity index (χ1) is 15.6. The SMILES string of the molecule is CC(C)(C)NC(=O)C(c1cccc(O)c1)N(C(=O)C(CC(N)=O)NC(=O)OC(C)(C)C)C1CC1. The molecule has 10 nitrogen and oxygen atoms in total. The number of carbonyl (C=O) groups excluding carboxylic acids is 4. The zero-order valence-corrected chi connectivity index (χ0v) is 20.7. The van der Waals surface area contributed by atoms with E-state index in [4.69, 9.17) is 10.5 Å². The monoisotopic (exact) mass is 476 g/mol. The average molecular weight is 477 g/mol. The Balaban J connectivity index is 2.47. The number of nitrogens with two attached hydrogens (primary N) is 1. The van der Waals surface area contributed by atoms with Gasteiger partial charge in [-0.25, -0.2) is 4.79 Å². The number of hydrogen-bond donors (Lipinski definition) is 4. The van der Waals surface area contributed by atoms with E-state index >= 15 is 0 Å². The van der Waals surface area contributed by atoms with Crippen LogP contribution in [0.2, 0.25) is 0 Å². The molecule has 0 heterocycles. The summed E-state index contributed by atoms with van der Waals surface area (Å²) >= 11 is 0. The van der Waals surface area contributed by atoms with Gasteiger partial charge in [0.15, 0.2) is 0 Å². The van der Waals surface area contributed by atoms with Crippen molar-refractivity contribution < 1.29 is 29.0 Å². The van der Waals surface area contributed by atoms with Crippen LogP contribution in [0.25, 0.3) is 0 Å². The maximum atomic E-state index is 13.7. The highest BCUT2D eigenvalue weighted by Crippen LogP contribution is 2.36. The van der Waals surface area contributed by atoms with E-state index in [2.05, 4.69) is 10.6 Å². The highest BCUT2D eigenvalue weighted by Gasteiger charge is 2.45. The molecule has 1 aliphatic carbocycles. The van der Waals surface area contributed by atoms with Crippen LogP contribution in [0.15, 0.2) is 24.3 Å². The minimum absolute atomic E-state index is 0.0604. The zero-order chi connectivity index (χ0) is 25.8. The van der Waals surface area contributed by atoms with Crippen LogP contribution in [0.1, 0.15) is 72.4 Å². The molecule has 1 aromatic rings. The van der Waals surface area contributed by atoms with Crippen molar-refractivity contribution in [3.63, 3.8) is 0 Å². The molecule has 0 bridgehead atoms. The summed E-state index contributed by atoms with van der Waals surface area (Å²) in [7, 11) is 0. The number of aromatic hydroxyl groups is 1. The Bertz CT molecular complexity index is 930. The molecule has 2 unspecified atom stereocenters. The molecule has 1 saturated carbocycles. The van der Waals surface area contributed by atoms with Gasteiger partial charge in [-0.05, 0) is 72.1 Å². The number of rotatable bonds is 8. The van der Waals surface area contributed by atoms with Crippen LogP contribution in [0.5, 0.6) is 5.75 Å². The molecule has 0 saturated heterocycles.